The van der Waals surface area contributed by atoms with Gasteiger partial charge in [0.15, 0.2) is 17.3 Å². The van der Waals surface area contributed by atoms with Crippen LogP contribution in [0, 0.1) is 5.92 Å². The first-order chi connectivity index (χ1) is 16.4. The molecule has 1 aromatic carbocycles. The Morgan fingerprint density at radius 2 is 2.09 bits per heavy atom. The van der Waals surface area contributed by atoms with Crippen LogP contribution in [0.25, 0.3) is 0 Å². The molecule has 4 rings (SSSR count). The lowest BCUT2D eigenvalue weighted by molar-refractivity contribution is -0.117. The lowest BCUT2D eigenvalue weighted by Gasteiger charge is -2.36. The van der Waals surface area contributed by atoms with Gasteiger partial charge >= 0.3 is 0 Å². The minimum atomic E-state index is -0.540. The summed E-state index contributed by atoms with van der Waals surface area (Å²) in [7, 11) is 1.57. The highest BCUT2D eigenvalue weighted by atomic mass is 16.5. The zero-order valence-corrected chi connectivity index (χ0v) is 19.7. The van der Waals surface area contributed by atoms with Gasteiger partial charge in [0.2, 0.25) is 0 Å². The largest absolute Gasteiger partial charge is 0.493 e. The van der Waals surface area contributed by atoms with E-state index < -0.39 is 5.92 Å². The number of amides is 1. The van der Waals surface area contributed by atoms with E-state index in [1.54, 1.807) is 43.6 Å². The van der Waals surface area contributed by atoms with E-state index in [4.69, 9.17) is 9.47 Å². The number of anilines is 1. The normalized spacial score (nSPS) is 19.8. The monoisotopic (exact) mass is 459 g/mol. The van der Waals surface area contributed by atoms with Crippen LogP contribution < -0.4 is 20.1 Å². The number of carbonyl (C=O) groups is 2. The molecule has 7 nitrogen and oxygen atoms in total. The van der Waals surface area contributed by atoms with Crippen molar-refractivity contribution in [3.8, 4) is 11.5 Å². The van der Waals surface area contributed by atoms with Crippen molar-refractivity contribution in [1.29, 1.82) is 0 Å². The maximum absolute atomic E-state index is 13.5. The second-order valence-corrected chi connectivity index (χ2v) is 8.60. The molecule has 2 aromatic rings. The van der Waals surface area contributed by atoms with Gasteiger partial charge in [0.1, 0.15) is 12.4 Å². The first-order valence-corrected chi connectivity index (χ1v) is 11.3. The number of carbonyl (C=O) groups excluding carboxylic acids is 2. The van der Waals surface area contributed by atoms with Gasteiger partial charge in [-0.1, -0.05) is 31.7 Å². The molecule has 0 bridgehead atoms. The molecule has 0 spiro atoms. The third kappa shape index (κ3) is 4.59. The molecule has 1 amide bonds. The second-order valence-electron chi connectivity index (χ2n) is 8.60. The van der Waals surface area contributed by atoms with Crippen LogP contribution in [0.15, 0.2) is 77.8 Å². The van der Waals surface area contributed by atoms with E-state index in [-0.39, 0.29) is 17.6 Å². The van der Waals surface area contributed by atoms with Crippen molar-refractivity contribution >= 4 is 17.5 Å². The molecule has 1 aliphatic heterocycles. The SMILES string of the molecule is C=CCOc1ccc([C@H]2C(C(=O)Nc3ccccn3)=C(C)NC3=C2C(=O)C[C@@H](C)C3)cc1OC. The summed E-state index contributed by atoms with van der Waals surface area (Å²) in [6, 6.07) is 10.8. The lowest BCUT2D eigenvalue weighted by Crippen LogP contribution is -2.37. The van der Waals surface area contributed by atoms with Gasteiger partial charge in [0, 0.05) is 41.1 Å². The fraction of sp³-hybridized carbons (Fsp3) is 0.296. The number of aromatic nitrogens is 1. The van der Waals surface area contributed by atoms with Crippen molar-refractivity contribution in [3.63, 3.8) is 0 Å². The molecule has 0 unspecified atom stereocenters. The van der Waals surface area contributed by atoms with Crippen LogP contribution in [0.5, 0.6) is 11.5 Å². The quantitative estimate of drug-likeness (QED) is 0.593. The molecule has 2 N–H and O–H groups in total. The van der Waals surface area contributed by atoms with Gasteiger partial charge in [-0.15, -0.1) is 0 Å². The number of Topliss-reactive ketones (excluding diaryl/α,β-unsaturated/α-hetero) is 1. The number of rotatable bonds is 7. The number of benzene rings is 1. The number of methoxy groups -OCH3 is 1. The molecule has 1 aliphatic carbocycles. The number of ketones is 1. The summed E-state index contributed by atoms with van der Waals surface area (Å²) < 4.78 is 11.3. The van der Waals surface area contributed by atoms with Crippen molar-refractivity contribution in [1.82, 2.24) is 10.3 Å². The van der Waals surface area contributed by atoms with Gasteiger partial charge in [-0.05, 0) is 49.1 Å². The van der Waals surface area contributed by atoms with Crippen molar-refractivity contribution in [2.75, 3.05) is 19.0 Å². The second kappa shape index (κ2) is 9.95. The Kier molecular flexibility index (Phi) is 6.82. The molecule has 2 aliphatic rings. The van der Waals surface area contributed by atoms with Gasteiger partial charge in [-0.2, -0.15) is 0 Å². The summed E-state index contributed by atoms with van der Waals surface area (Å²) in [5.74, 6) is 0.977. The first-order valence-electron chi connectivity index (χ1n) is 11.3. The average molecular weight is 460 g/mol. The highest BCUT2D eigenvalue weighted by Crippen LogP contribution is 2.45. The molecule has 176 valence electrons. The maximum Gasteiger partial charge on any atom is 0.255 e. The smallest absolute Gasteiger partial charge is 0.255 e. The zero-order valence-electron chi connectivity index (χ0n) is 19.7. The van der Waals surface area contributed by atoms with Crippen molar-refractivity contribution in [3.05, 3.63) is 83.4 Å². The van der Waals surface area contributed by atoms with Crippen LogP contribution in [-0.4, -0.2) is 30.4 Å². The lowest BCUT2D eigenvalue weighted by atomic mass is 9.73. The van der Waals surface area contributed by atoms with Crippen LogP contribution in [0.2, 0.25) is 0 Å². The van der Waals surface area contributed by atoms with Crippen LogP contribution in [-0.2, 0) is 9.59 Å². The summed E-state index contributed by atoms with van der Waals surface area (Å²) >= 11 is 0. The maximum atomic E-state index is 13.5. The number of allylic oxidation sites excluding steroid dienone is 3. The molecular weight excluding hydrogens is 430 g/mol. The van der Waals surface area contributed by atoms with Crippen molar-refractivity contribution < 1.29 is 19.1 Å². The van der Waals surface area contributed by atoms with Gasteiger partial charge in [0.25, 0.3) is 5.91 Å². The topological polar surface area (TPSA) is 89.5 Å². The van der Waals surface area contributed by atoms with Gasteiger partial charge < -0.3 is 20.1 Å². The minimum Gasteiger partial charge on any atom is -0.493 e. The molecule has 2 heterocycles. The molecule has 0 fully saturated rings. The molecular formula is C27H29N3O4. The number of dihydropyridines is 1. The molecule has 1 aromatic heterocycles. The Bertz CT molecular complexity index is 1180. The molecule has 0 radical (unpaired) electrons. The molecule has 0 saturated carbocycles. The number of ether oxygens (including phenoxy) is 2. The Morgan fingerprint density at radius 3 is 2.79 bits per heavy atom. The van der Waals surface area contributed by atoms with Gasteiger partial charge in [-0.3, -0.25) is 9.59 Å². The predicted octanol–water partition coefficient (Wildman–Crippen LogP) is 4.51. The van der Waals surface area contributed by atoms with E-state index >= 15 is 0 Å². The van der Waals surface area contributed by atoms with E-state index in [1.807, 2.05) is 19.1 Å². The summed E-state index contributed by atoms with van der Waals surface area (Å²) in [5.41, 5.74) is 3.49. The molecule has 0 saturated heterocycles. The summed E-state index contributed by atoms with van der Waals surface area (Å²) in [5, 5.41) is 6.23. The average Bonchev–Trinajstić information content (AvgIpc) is 2.82. The summed E-state index contributed by atoms with van der Waals surface area (Å²) in [6.45, 7) is 7.95. The Balaban J connectivity index is 1.81. The fourth-order valence-corrected chi connectivity index (χ4v) is 4.62. The molecule has 2 atom stereocenters. The van der Waals surface area contributed by atoms with E-state index in [9.17, 15) is 9.59 Å². The van der Waals surface area contributed by atoms with E-state index in [2.05, 4.69) is 29.1 Å². The number of hydrogen-bond donors (Lipinski definition) is 2. The Labute approximate surface area is 199 Å². The number of pyridine rings is 1. The predicted molar refractivity (Wildman–Crippen MR) is 131 cm³/mol. The van der Waals surface area contributed by atoms with E-state index in [0.717, 1.165) is 17.7 Å². The van der Waals surface area contributed by atoms with Crippen LogP contribution in [0.4, 0.5) is 5.82 Å². The third-order valence-corrected chi connectivity index (χ3v) is 6.06. The fourth-order valence-electron chi connectivity index (χ4n) is 4.62. The van der Waals surface area contributed by atoms with Gasteiger partial charge in [0.05, 0.1) is 7.11 Å². The van der Waals surface area contributed by atoms with Gasteiger partial charge in [-0.25, -0.2) is 4.98 Å². The van der Waals surface area contributed by atoms with Crippen molar-refractivity contribution in [2.24, 2.45) is 5.92 Å². The van der Waals surface area contributed by atoms with Crippen LogP contribution in [0.1, 0.15) is 38.2 Å². The Hall–Kier alpha value is -3.87. The molecule has 34 heavy (non-hydrogen) atoms. The number of nitrogens with one attached hydrogen (secondary N) is 2. The highest BCUT2D eigenvalue weighted by molar-refractivity contribution is 6.09. The molecule has 7 heteroatoms. The number of hydrogen-bond acceptors (Lipinski definition) is 6. The van der Waals surface area contributed by atoms with Crippen LogP contribution >= 0.6 is 0 Å². The van der Waals surface area contributed by atoms with Crippen molar-refractivity contribution in [2.45, 2.75) is 32.6 Å². The summed E-state index contributed by atoms with van der Waals surface area (Å²) in [6.07, 6.45) is 4.48. The number of nitrogens with zero attached hydrogens (tertiary/aromatic N) is 1. The highest BCUT2D eigenvalue weighted by Gasteiger charge is 2.40. The third-order valence-electron chi connectivity index (χ3n) is 6.06. The first kappa shape index (κ1) is 23.3. The Morgan fingerprint density at radius 1 is 1.26 bits per heavy atom. The summed E-state index contributed by atoms with van der Waals surface area (Å²) in [4.78, 5) is 31.0. The van der Waals surface area contributed by atoms with E-state index in [0.29, 0.717) is 47.2 Å². The zero-order chi connectivity index (χ0) is 24.2. The van der Waals surface area contributed by atoms with Crippen LogP contribution in [0.3, 0.4) is 0 Å². The standard InChI is InChI=1S/C27H29N3O4/c1-5-12-34-21-10-9-18(15-22(21)33-4)25-24(27(32)30-23-8-6-7-11-28-23)17(3)29-19-13-16(2)14-20(31)26(19)25/h5-11,15-16,25,29H,1,12-14H2,2-4H3,(H,28,30,32)/t16-,25-/m0/s1. The van der Waals surface area contributed by atoms with E-state index in [1.165, 1.54) is 0 Å². The minimum absolute atomic E-state index is 0.0489.